The van der Waals surface area contributed by atoms with E-state index in [1.54, 1.807) is 6.92 Å². The molecule has 0 saturated heterocycles. The highest BCUT2D eigenvalue weighted by atomic mass is 16.5. The average molecular weight is 117 g/mol. The molecule has 48 valence electrons. The molecule has 1 atom stereocenters. The number of ether oxygens (including phenoxy) is 1. The van der Waals surface area contributed by atoms with Gasteiger partial charge in [-0.2, -0.15) is 0 Å². The van der Waals surface area contributed by atoms with Crippen molar-refractivity contribution in [3.63, 3.8) is 0 Å². The van der Waals surface area contributed by atoms with Gasteiger partial charge in [-0.15, -0.1) is 4.91 Å². The molecule has 0 N–H and O–H groups in total. The summed E-state index contributed by atoms with van der Waals surface area (Å²) < 4.78 is 4.86. The molecular formula is C5H11NO2. The second-order valence-corrected chi connectivity index (χ2v) is 1.58. The molecule has 0 aliphatic carbocycles. The van der Waals surface area contributed by atoms with Crippen LogP contribution in [0, 0.1) is 4.91 Å². The van der Waals surface area contributed by atoms with Gasteiger partial charge in [0.15, 0.2) is 6.23 Å². The predicted molar refractivity (Wildman–Crippen MR) is 31.5 cm³/mol. The van der Waals surface area contributed by atoms with Crippen LogP contribution >= 0.6 is 0 Å². The summed E-state index contributed by atoms with van der Waals surface area (Å²) in [6.07, 6.45) is 0.454. The van der Waals surface area contributed by atoms with Crippen molar-refractivity contribution in [1.82, 2.24) is 0 Å². The Morgan fingerprint density at radius 3 is 2.75 bits per heavy atom. The second-order valence-electron chi connectivity index (χ2n) is 1.58. The van der Waals surface area contributed by atoms with Crippen LogP contribution in [-0.4, -0.2) is 12.8 Å². The zero-order valence-electron chi connectivity index (χ0n) is 5.26. The van der Waals surface area contributed by atoms with Crippen molar-refractivity contribution in [2.45, 2.75) is 26.5 Å². The predicted octanol–water partition coefficient (Wildman–Crippen LogP) is 1.53. The van der Waals surface area contributed by atoms with Gasteiger partial charge < -0.3 is 4.74 Å². The van der Waals surface area contributed by atoms with Crippen LogP contribution in [0.2, 0.25) is 0 Å². The lowest BCUT2D eigenvalue weighted by Gasteiger charge is -2.00. The molecule has 0 heterocycles. The minimum Gasteiger partial charge on any atom is -0.353 e. The SMILES string of the molecule is CCCOC(C)N=O. The van der Waals surface area contributed by atoms with Crippen LogP contribution in [-0.2, 0) is 4.74 Å². The molecule has 8 heavy (non-hydrogen) atoms. The minimum atomic E-state index is -0.477. The van der Waals surface area contributed by atoms with E-state index < -0.39 is 6.23 Å². The Bertz CT molecular complexity index is 65.4. The summed E-state index contributed by atoms with van der Waals surface area (Å²) in [5.74, 6) is 0. The van der Waals surface area contributed by atoms with Crippen molar-refractivity contribution in [3.05, 3.63) is 4.91 Å². The van der Waals surface area contributed by atoms with Crippen LogP contribution in [0.15, 0.2) is 5.18 Å². The lowest BCUT2D eigenvalue weighted by molar-refractivity contribution is 0.0717. The quantitative estimate of drug-likeness (QED) is 0.523. The topological polar surface area (TPSA) is 38.7 Å². The van der Waals surface area contributed by atoms with Gasteiger partial charge in [-0.05, 0) is 18.5 Å². The van der Waals surface area contributed by atoms with E-state index >= 15 is 0 Å². The fraction of sp³-hybridized carbons (Fsp3) is 1.00. The number of hydrogen-bond acceptors (Lipinski definition) is 3. The molecule has 0 aromatic heterocycles. The molecule has 0 amide bonds. The zero-order valence-corrected chi connectivity index (χ0v) is 5.26. The van der Waals surface area contributed by atoms with Crippen molar-refractivity contribution in [3.8, 4) is 0 Å². The van der Waals surface area contributed by atoms with Gasteiger partial charge in [-0.3, -0.25) is 0 Å². The first-order valence-electron chi connectivity index (χ1n) is 2.75. The number of rotatable bonds is 4. The molecule has 3 nitrogen and oxygen atoms in total. The molecule has 0 aliphatic heterocycles. The number of nitroso groups, excluding NO2 is 1. The van der Waals surface area contributed by atoms with Crippen LogP contribution in [0.5, 0.6) is 0 Å². The van der Waals surface area contributed by atoms with Crippen LogP contribution in [0.1, 0.15) is 20.3 Å². The molecule has 0 fully saturated rings. The zero-order chi connectivity index (χ0) is 6.41. The van der Waals surface area contributed by atoms with E-state index in [1.165, 1.54) is 0 Å². The molecule has 0 radical (unpaired) electrons. The summed E-state index contributed by atoms with van der Waals surface area (Å²) >= 11 is 0. The van der Waals surface area contributed by atoms with E-state index in [1.807, 2.05) is 6.92 Å². The monoisotopic (exact) mass is 117 g/mol. The van der Waals surface area contributed by atoms with Crippen LogP contribution in [0.25, 0.3) is 0 Å². The average Bonchev–Trinajstić information content (AvgIpc) is 1.83. The Morgan fingerprint density at radius 1 is 1.75 bits per heavy atom. The molecule has 0 aliphatic rings. The molecule has 0 bridgehead atoms. The van der Waals surface area contributed by atoms with E-state index in [-0.39, 0.29) is 0 Å². The summed E-state index contributed by atoms with van der Waals surface area (Å²) in [5.41, 5.74) is 0. The fourth-order valence-electron chi connectivity index (χ4n) is 0.319. The van der Waals surface area contributed by atoms with Crippen molar-refractivity contribution in [2.24, 2.45) is 5.18 Å². The third-order valence-corrected chi connectivity index (χ3v) is 0.712. The van der Waals surface area contributed by atoms with E-state index in [9.17, 15) is 4.91 Å². The first-order chi connectivity index (χ1) is 3.81. The van der Waals surface area contributed by atoms with E-state index in [0.717, 1.165) is 6.42 Å². The van der Waals surface area contributed by atoms with Gasteiger partial charge in [0, 0.05) is 6.61 Å². The molecular weight excluding hydrogens is 106 g/mol. The summed E-state index contributed by atoms with van der Waals surface area (Å²) in [5, 5.41) is 2.65. The maximum Gasteiger partial charge on any atom is 0.186 e. The molecule has 0 spiro atoms. The van der Waals surface area contributed by atoms with Gasteiger partial charge in [0.05, 0.1) is 0 Å². The lowest BCUT2D eigenvalue weighted by Crippen LogP contribution is -2.03. The van der Waals surface area contributed by atoms with Gasteiger partial charge in [0.2, 0.25) is 0 Å². The summed E-state index contributed by atoms with van der Waals surface area (Å²) in [6, 6.07) is 0. The number of hydrogen-bond donors (Lipinski definition) is 0. The van der Waals surface area contributed by atoms with Gasteiger partial charge in [0.1, 0.15) is 0 Å². The normalized spacial score (nSPS) is 13.2. The molecule has 3 heteroatoms. The third-order valence-electron chi connectivity index (χ3n) is 0.712. The molecule has 0 aromatic carbocycles. The molecule has 1 unspecified atom stereocenters. The first kappa shape index (κ1) is 7.56. The maximum absolute atomic E-state index is 9.64. The maximum atomic E-state index is 9.64. The van der Waals surface area contributed by atoms with Crippen molar-refractivity contribution in [1.29, 1.82) is 0 Å². The fourth-order valence-corrected chi connectivity index (χ4v) is 0.319. The largest absolute Gasteiger partial charge is 0.353 e. The van der Waals surface area contributed by atoms with Gasteiger partial charge in [-0.1, -0.05) is 6.92 Å². The third kappa shape index (κ3) is 3.74. The van der Waals surface area contributed by atoms with E-state index in [0.29, 0.717) is 6.61 Å². The number of nitrogens with zero attached hydrogens (tertiary/aromatic N) is 1. The van der Waals surface area contributed by atoms with Crippen LogP contribution < -0.4 is 0 Å². The Hall–Kier alpha value is -0.440. The van der Waals surface area contributed by atoms with Crippen LogP contribution in [0.3, 0.4) is 0 Å². The molecule has 0 rings (SSSR count). The lowest BCUT2D eigenvalue weighted by atomic mass is 10.5. The van der Waals surface area contributed by atoms with Gasteiger partial charge in [-0.25, -0.2) is 0 Å². The Kier molecular flexibility index (Phi) is 4.45. The highest BCUT2D eigenvalue weighted by Crippen LogP contribution is 1.91. The summed E-state index contributed by atoms with van der Waals surface area (Å²) in [6.45, 7) is 4.23. The summed E-state index contributed by atoms with van der Waals surface area (Å²) in [4.78, 5) is 9.64. The Morgan fingerprint density at radius 2 is 2.38 bits per heavy atom. The van der Waals surface area contributed by atoms with Crippen LogP contribution in [0.4, 0.5) is 0 Å². The highest BCUT2D eigenvalue weighted by molar-refractivity contribution is 4.40. The molecule has 0 saturated carbocycles. The molecule has 0 aromatic rings. The van der Waals surface area contributed by atoms with Crippen molar-refractivity contribution >= 4 is 0 Å². The van der Waals surface area contributed by atoms with E-state index in [4.69, 9.17) is 4.74 Å². The van der Waals surface area contributed by atoms with E-state index in [2.05, 4.69) is 5.18 Å². The van der Waals surface area contributed by atoms with Gasteiger partial charge >= 0.3 is 0 Å². The Labute approximate surface area is 49.0 Å². The first-order valence-corrected chi connectivity index (χ1v) is 2.75. The minimum absolute atomic E-state index is 0.477. The standard InChI is InChI=1S/C5H11NO2/c1-3-4-8-5(2)6-7/h5H,3-4H2,1-2H3. The Balaban J connectivity index is 2.98. The highest BCUT2D eigenvalue weighted by Gasteiger charge is 1.95. The smallest absolute Gasteiger partial charge is 0.186 e. The van der Waals surface area contributed by atoms with Crippen molar-refractivity contribution < 1.29 is 4.74 Å². The van der Waals surface area contributed by atoms with Crippen molar-refractivity contribution in [2.75, 3.05) is 6.61 Å². The van der Waals surface area contributed by atoms with Gasteiger partial charge in [0.25, 0.3) is 0 Å². The second kappa shape index (κ2) is 4.71. The summed E-state index contributed by atoms with van der Waals surface area (Å²) in [7, 11) is 0.